The maximum Gasteiger partial charge on any atom is 0.303 e. The van der Waals surface area contributed by atoms with Crippen molar-refractivity contribution in [3.8, 4) is 0 Å². The second kappa shape index (κ2) is 6.94. The Balaban J connectivity index is 2.02. The van der Waals surface area contributed by atoms with E-state index in [1.807, 2.05) is 0 Å². The van der Waals surface area contributed by atoms with Crippen LogP contribution in [0.1, 0.15) is 44.9 Å². The normalized spacial score (nSPS) is 17.2. The first kappa shape index (κ1) is 15.8. The van der Waals surface area contributed by atoms with Crippen molar-refractivity contribution >= 4 is 29.2 Å². The van der Waals surface area contributed by atoms with E-state index in [1.165, 1.54) is 0 Å². The number of anilines is 1. The van der Waals surface area contributed by atoms with E-state index in [-0.39, 0.29) is 18.7 Å². The van der Waals surface area contributed by atoms with Gasteiger partial charge in [-0.05, 0) is 36.5 Å². The van der Waals surface area contributed by atoms with Gasteiger partial charge in [0.2, 0.25) is 5.91 Å². The molecule has 0 atom stereocenters. The van der Waals surface area contributed by atoms with Crippen LogP contribution in [0.15, 0.2) is 24.3 Å². The molecular formula is C16H20ClNO3. The van der Waals surface area contributed by atoms with Gasteiger partial charge in [0, 0.05) is 17.1 Å². The number of hydrogen-bond acceptors (Lipinski definition) is 2. The Labute approximate surface area is 129 Å². The lowest BCUT2D eigenvalue weighted by Crippen LogP contribution is -2.32. The van der Waals surface area contributed by atoms with Crippen LogP contribution < -0.4 is 5.32 Å². The molecule has 4 nitrogen and oxygen atoms in total. The molecule has 0 saturated heterocycles. The van der Waals surface area contributed by atoms with E-state index in [4.69, 9.17) is 16.7 Å². The fourth-order valence-corrected chi connectivity index (χ4v) is 3.34. The maximum absolute atomic E-state index is 12.2. The summed E-state index contributed by atoms with van der Waals surface area (Å²) in [5.74, 6) is -0.965. The monoisotopic (exact) mass is 309 g/mol. The quantitative estimate of drug-likeness (QED) is 0.860. The van der Waals surface area contributed by atoms with Crippen LogP contribution in [0.25, 0.3) is 0 Å². The van der Waals surface area contributed by atoms with Crippen LogP contribution in [0, 0.1) is 5.41 Å². The van der Waals surface area contributed by atoms with Crippen molar-refractivity contribution in [2.45, 2.75) is 44.9 Å². The number of amides is 1. The number of rotatable bonds is 5. The van der Waals surface area contributed by atoms with E-state index in [0.717, 1.165) is 32.1 Å². The van der Waals surface area contributed by atoms with Gasteiger partial charge < -0.3 is 10.4 Å². The van der Waals surface area contributed by atoms with Crippen LogP contribution in [0.4, 0.5) is 5.69 Å². The Morgan fingerprint density at radius 1 is 1.19 bits per heavy atom. The molecule has 0 spiro atoms. The molecule has 1 aliphatic rings. The average molecular weight is 310 g/mol. The minimum atomic E-state index is -0.826. The zero-order valence-corrected chi connectivity index (χ0v) is 12.7. The minimum Gasteiger partial charge on any atom is -0.481 e. The van der Waals surface area contributed by atoms with Crippen LogP contribution in [-0.4, -0.2) is 17.0 Å². The third-order valence-electron chi connectivity index (χ3n) is 4.08. The minimum absolute atomic E-state index is 0.0654. The highest BCUT2D eigenvalue weighted by Crippen LogP contribution is 2.42. The van der Waals surface area contributed by atoms with Crippen LogP contribution in [0.3, 0.4) is 0 Å². The zero-order valence-electron chi connectivity index (χ0n) is 11.9. The first-order valence-electron chi connectivity index (χ1n) is 7.26. The predicted octanol–water partition coefficient (Wildman–Crippen LogP) is 4.09. The van der Waals surface area contributed by atoms with Crippen molar-refractivity contribution in [2.75, 3.05) is 5.32 Å². The predicted molar refractivity (Wildman–Crippen MR) is 82.5 cm³/mol. The van der Waals surface area contributed by atoms with E-state index < -0.39 is 11.4 Å². The molecule has 5 heteroatoms. The van der Waals surface area contributed by atoms with Gasteiger partial charge in [-0.1, -0.05) is 36.9 Å². The highest BCUT2D eigenvalue weighted by molar-refractivity contribution is 6.30. The van der Waals surface area contributed by atoms with Gasteiger partial charge in [0.1, 0.15) is 0 Å². The number of benzene rings is 1. The highest BCUT2D eigenvalue weighted by atomic mass is 35.5. The zero-order chi connectivity index (χ0) is 15.3. The third kappa shape index (κ3) is 4.74. The molecule has 1 aliphatic carbocycles. The number of hydrogen-bond donors (Lipinski definition) is 2. The van der Waals surface area contributed by atoms with Crippen LogP contribution in [-0.2, 0) is 9.59 Å². The average Bonchev–Trinajstić information content (AvgIpc) is 2.38. The molecule has 0 aromatic heterocycles. The highest BCUT2D eigenvalue weighted by Gasteiger charge is 2.36. The van der Waals surface area contributed by atoms with Crippen LogP contribution in [0.5, 0.6) is 0 Å². The number of carboxylic acids is 1. The molecule has 0 bridgehead atoms. The maximum atomic E-state index is 12.2. The number of aliphatic carboxylic acids is 1. The van der Waals surface area contributed by atoms with Crippen molar-refractivity contribution in [3.05, 3.63) is 29.3 Å². The molecule has 21 heavy (non-hydrogen) atoms. The van der Waals surface area contributed by atoms with Gasteiger partial charge in [-0.2, -0.15) is 0 Å². The molecule has 0 heterocycles. The third-order valence-corrected chi connectivity index (χ3v) is 4.32. The van der Waals surface area contributed by atoms with Crippen LogP contribution in [0.2, 0.25) is 5.02 Å². The fourth-order valence-electron chi connectivity index (χ4n) is 3.15. The Morgan fingerprint density at radius 3 is 2.52 bits per heavy atom. The Bertz CT molecular complexity index is 524. The lowest BCUT2D eigenvalue weighted by molar-refractivity contribution is -0.140. The lowest BCUT2D eigenvalue weighted by Gasteiger charge is -2.35. The summed E-state index contributed by atoms with van der Waals surface area (Å²) in [6.45, 7) is 0. The molecular weight excluding hydrogens is 290 g/mol. The smallest absolute Gasteiger partial charge is 0.303 e. The first-order chi connectivity index (χ1) is 9.99. The molecule has 2 rings (SSSR count). The number of carboxylic acid groups (broad SMARTS) is 1. The van der Waals surface area contributed by atoms with Crippen molar-refractivity contribution in [2.24, 2.45) is 5.41 Å². The Kier molecular flexibility index (Phi) is 5.23. The van der Waals surface area contributed by atoms with Gasteiger partial charge in [-0.25, -0.2) is 0 Å². The molecule has 0 radical (unpaired) electrons. The summed E-state index contributed by atoms with van der Waals surface area (Å²) in [6.07, 6.45) is 5.05. The fraction of sp³-hybridized carbons (Fsp3) is 0.500. The second-order valence-electron chi connectivity index (χ2n) is 5.87. The van der Waals surface area contributed by atoms with E-state index in [2.05, 4.69) is 5.32 Å². The Morgan fingerprint density at radius 2 is 1.90 bits per heavy atom. The first-order valence-corrected chi connectivity index (χ1v) is 7.64. The van der Waals surface area contributed by atoms with E-state index in [9.17, 15) is 9.59 Å². The summed E-state index contributed by atoms with van der Waals surface area (Å²) in [5.41, 5.74) is 0.251. The summed E-state index contributed by atoms with van der Waals surface area (Å²) >= 11 is 5.89. The number of carbonyl (C=O) groups excluding carboxylic acids is 1. The summed E-state index contributed by atoms with van der Waals surface area (Å²) in [6, 6.07) is 6.97. The SMILES string of the molecule is O=C(O)CC1(CC(=O)Nc2cccc(Cl)c2)CCCCC1. The molecule has 2 N–H and O–H groups in total. The van der Waals surface area contributed by atoms with E-state index >= 15 is 0 Å². The molecule has 1 fully saturated rings. The topological polar surface area (TPSA) is 66.4 Å². The molecule has 0 unspecified atom stereocenters. The van der Waals surface area contributed by atoms with Crippen LogP contribution >= 0.6 is 11.6 Å². The van der Waals surface area contributed by atoms with Gasteiger partial charge in [0.05, 0.1) is 6.42 Å². The van der Waals surface area contributed by atoms with Gasteiger partial charge >= 0.3 is 5.97 Å². The van der Waals surface area contributed by atoms with E-state index in [1.54, 1.807) is 24.3 Å². The molecule has 0 aliphatic heterocycles. The molecule has 1 aromatic carbocycles. The van der Waals surface area contributed by atoms with Gasteiger partial charge in [0.25, 0.3) is 0 Å². The summed E-state index contributed by atoms with van der Waals surface area (Å²) in [4.78, 5) is 23.3. The van der Waals surface area contributed by atoms with Gasteiger partial charge in [0.15, 0.2) is 0 Å². The summed E-state index contributed by atoms with van der Waals surface area (Å²) in [5, 5.41) is 12.5. The second-order valence-corrected chi connectivity index (χ2v) is 6.30. The summed E-state index contributed by atoms with van der Waals surface area (Å²) in [7, 11) is 0. The molecule has 114 valence electrons. The molecule has 1 saturated carbocycles. The molecule has 1 amide bonds. The number of halogens is 1. The van der Waals surface area contributed by atoms with Crippen molar-refractivity contribution in [1.82, 2.24) is 0 Å². The van der Waals surface area contributed by atoms with Gasteiger partial charge in [-0.3, -0.25) is 9.59 Å². The van der Waals surface area contributed by atoms with Crippen molar-refractivity contribution in [1.29, 1.82) is 0 Å². The van der Waals surface area contributed by atoms with Crippen molar-refractivity contribution < 1.29 is 14.7 Å². The number of carbonyl (C=O) groups is 2. The number of nitrogens with one attached hydrogen (secondary N) is 1. The standard InChI is InChI=1S/C16H20ClNO3/c17-12-5-4-6-13(9-12)18-14(19)10-16(11-15(20)21)7-2-1-3-8-16/h4-6,9H,1-3,7-8,10-11H2,(H,18,19)(H,20,21). The summed E-state index contributed by atoms with van der Waals surface area (Å²) < 4.78 is 0. The Hall–Kier alpha value is -1.55. The van der Waals surface area contributed by atoms with E-state index in [0.29, 0.717) is 10.7 Å². The molecule has 1 aromatic rings. The van der Waals surface area contributed by atoms with Crippen molar-refractivity contribution in [3.63, 3.8) is 0 Å². The lowest BCUT2D eigenvalue weighted by atomic mass is 9.69. The van der Waals surface area contributed by atoms with Gasteiger partial charge in [-0.15, -0.1) is 0 Å². The largest absolute Gasteiger partial charge is 0.481 e.